The average Bonchev–Trinajstić information content (AvgIpc) is 3.28. The number of piperidine rings is 1. The second-order valence-corrected chi connectivity index (χ2v) is 9.13. The van der Waals surface area contributed by atoms with Crippen LogP contribution in [0.1, 0.15) is 25.3 Å². The summed E-state index contributed by atoms with van der Waals surface area (Å²) in [5.74, 6) is 1.65. The summed E-state index contributed by atoms with van der Waals surface area (Å²) < 4.78 is 12.9. The predicted octanol–water partition coefficient (Wildman–Crippen LogP) is 2.30. The fourth-order valence-corrected chi connectivity index (χ4v) is 4.92. The number of nitriles is 1. The molecule has 0 atom stereocenters. The summed E-state index contributed by atoms with van der Waals surface area (Å²) in [6, 6.07) is 8.29. The van der Waals surface area contributed by atoms with Crippen LogP contribution in [0, 0.1) is 11.3 Å². The third-order valence-electron chi connectivity index (χ3n) is 6.80. The summed E-state index contributed by atoms with van der Waals surface area (Å²) in [7, 11) is 0. The molecule has 0 radical (unpaired) electrons. The van der Waals surface area contributed by atoms with Gasteiger partial charge in [-0.1, -0.05) is 0 Å². The molecule has 34 heavy (non-hydrogen) atoms. The zero-order valence-electron chi connectivity index (χ0n) is 19.6. The van der Waals surface area contributed by atoms with Gasteiger partial charge in [0.2, 0.25) is 0 Å². The number of pyridine rings is 2. The second-order valence-electron chi connectivity index (χ2n) is 9.13. The van der Waals surface area contributed by atoms with Crippen LogP contribution in [0.4, 0.5) is 5.82 Å². The van der Waals surface area contributed by atoms with E-state index in [0.29, 0.717) is 17.9 Å². The Bertz CT molecular complexity index is 1170. The van der Waals surface area contributed by atoms with Crippen LogP contribution < -0.4 is 15.4 Å². The van der Waals surface area contributed by atoms with Gasteiger partial charge in [-0.25, -0.2) is 9.50 Å². The van der Waals surface area contributed by atoms with Crippen molar-refractivity contribution >= 4 is 11.3 Å². The van der Waals surface area contributed by atoms with Crippen LogP contribution in [0.3, 0.4) is 0 Å². The monoisotopic (exact) mass is 461 g/mol. The lowest BCUT2D eigenvalue weighted by atomic mass is 9.88. The number of ether oxygens (including phenoxy) is 2. The van der Waals surface area contributed by atoms with Crippen molar-refractivity contribution in [3.8, 4) is 22.9 Å². The normalized spacial score (nSPS) is 18.7. The SMILES string of the molecule is CCOc1cc(-c2ccc(N3CCC(N)(CN4CCOCC4)CC3)nc2)c2c(C#N)cnn2c1. The fourth-order valence-electron chi connectivity index (χ4n) is 4.92. The predicted molar refractivity (Wildman–Crippen MR) is 130 cm³/mol. The van der Waals surface area contributed by atoms with Crippen molar-refractivity contribution in [3.05, 3.63) is 42.4 Å². The lowest BCUT2D eigenvalue weighted by Gasteiger charge is -2.43. The number of aromatic nitrogens is 3. The summed E-state index contributed by atoms with van der Waals surface area (Å²) in [5.41, 5.74) is 9.69. The van der Waals surface area contributed by atoms with Gasteiger partial charge in [-0.15, -0.1) is 0 Å². The van der Waals surface area contributed by atoms with Crippen molar-refractivity contribution in [2.45, 2.75) is 25.3 Å². The maximum absolute atomic E-state index is 9.55. The molecule has 178 valence electrons. The van der Waals surface area contributed by atoms with Crippen LogP contribution in [0.5, 0.6) is 5.75 Å². The number of nitrogens with zero attached hydrogens (tertiary/aromatic N) is 6. The molecule has 3 aromatic rings. The van der Waals surface area contributed by atoms with Crippen molar-refractivity contribution < 1.29 is 9.47 Å². The zero-order chi connectivity index (χ0) is 23.5. The largest absolute Gasteiger partial charge is 0.492 e. The van der Waals surface area contributed by atoms with Crippen LogP contribution in [0.15, 0.2) is 36.8 Å². The van der Waals surface area contributed by atoms with E-state index in [4.69, 9.17) is 20.2 Å². The Hall–Kier alpha value is -3.19. The van der Waals surface area contributed by atoms with E-state index < -0.39 is 0 Å². The molecule has 2 aliphatic heterocycles. The smallest absolute Gasteiger partial charge is 0.138 e. The highest BCUT2D eigenvalue weighted by molar-refractivity contribution is 5.85. The molecular weight excluding hydrogens is 430 g/mol. The van der Waals surface area contributed by atoms with Crippen molar-refractivity contribution in [1.29, 1.82) is 5.26 Å². The van der Waals surface area contributed by atoms with E-state index in [1.165, 1.54) is 0 Å². The summed E-state index contributed by atoms with van der Waals surface area (Å²) in [5, 5.41) is 13.9. The van der Waals surface area contributed by atoms with E-state index in [2.05, 4.69) is 27.0 Å². The van der Waals surface area contributed by atoms with Gasteiger partial charge in [-0.3, -0.25) is 4.90 Å². The lowest BCUT2D eigenvalue weighted by molar-refractivity contribution is 0.0250. The molecule has 0 spiro atoms. The molecule has 0 saturated carbocycles. The highest BCUT2D eigenvalue weighted by Gasteiger charge is 2.33. The zero-order valence-corrected chi connectivity index (χ0v) is 19.6. The molecule has 0 unspecified atom stereocenters. The summed E-state index contributed by atoms with van der Waals surface area (Å²) in [6.07, 6.45) is 7.12. The third-order valence-corrected chi connectivity index (χ3v) is 6.80. The Morgan fingerprint density at radius 3 is 2.65 bits per heavy atom. The Morgan fingerprint density at radius 2 is 1.97 bits per heavy atom. The first kappa shape index (κ1) is 22.6. The maximum atomic E-state index is 9.55. The van der Waals surface area contributed by atoms with Crippen LogP contribution in [-0.2, 0) is 4.74 Å². The first-order valence-corrected chi connectivity index (χ1v) is 11.9. The third kappa shape index (κ3) is 4.57. The number of anilines is 1. The van der Waals surface area contributed by atoms with Crippen molar-refractivity contribution in [2.24, 2.45) is 5.73 Å². The first-order valence-electron chi connectivity index (χ1n) is 11.9. The van der Waals surface area contributed by atoms with Gasteiger partial charge in [0.1, 0.15) is 17.6 Å². The molecule has 2 fully saturated rings. The van der Waals surface area contributed by atoms with Gasteiger partial charge in [-0.05, 0) is 38.0 Å². The van der Waals surface area contributed by atoms with Gasteiger partial charge in [0.25, 0.3) is 0 Å². The van der Waals surface area contributed by atoms with Gasteiger partial charge in [0.15, 0.2) is 0 Å². The van der Waals surface area contributed by atoms with E-state index >= 15 is 0 Å². The molecule has 9 heteroatoms. The Morgan fingerprint density at radius 1 is 1.18 bits per heavy atom. The highest BCUT2D eigenvalue weighted by atomic mass is 16.5. The quantitative estimate of drug-likeness (QED) is 0.596. The summed E-state index contributed by atoms with van der Waals surface area (Å²) in [4.78, 5) is 9.50. The van der Waals surface area contributed by atoms with E-state index in [0.717, 1.165) is 81.2 Å². The van der Waals surface area contributed by atoms with Gasteiger partial charge in [0, 0.05) is 55.6 Å². The number of hydrogen-bond acceptors (Lipinski definition) is 8. The van der Waals surface area contributed by atoms with Gasteiger partial charge in [0.05, 0.1) is 43.3 Å². The Kier molecular flexibility index (Phi) is 6.37. The van der Waals surface area contributed by atoms with E-state index in [1.807, 2.05) is 25.3 Å². The number of morpholine rings is 1. The van der Waals surface area contributed by atoms with Crippen LogP contribution in [0.25, 0.3) is 16.6 Å². The van der Waals surface area contributed by atoms with Crippen LogP contribution in [-0.4, -0.2) is 77.6 Å². The van der Waals surface area contributed by atoms with E-state index in [1.54, 1.807) is 16.9 Å². The molecule has 0 aromatic carbocycles. The Labute approximate surface area is 199 Å². The van der Waals surface area contributed by atoms with Crippen LogP contribution >= 0.6 is 0 Å². The van der Waals surface area contributed by atoms with Crippen molar-refractivity contribution in [3.63, 3.8) is 0 Å². The molecule has 2 N–H and O–H groups in total. The average molecular weight is 462 g/mol. The number of fused-ring (bicyclic) bond motifs is 1. The minimum absolute atomic E-state index is 0.158. The minimum atomic E-state index is -0.158. The molecule has 3 aromatic heterocycles. The van der Waals surface area contributed by atoms with E-state index in [9.17, 15) is 5.26 Å². The standard InChI is InChI=1S/C25H31N7O2/c1-2-34-21-13-22(24-20(14-26)16-29-32(24)17-21)19-3-4-23(28-15-19)31-7-5-25(27,6-8-31)18-30-9-11-33-12-10-30/h3-4,13,15-17H,2,5-12,18,27H2,1H3. The fraction of sp³-hybridized carbons (Fsp3) is 0.480. The number of nitrogens with two attached hydrogens (primary N) is 1. The molecule has 2 aliphatic rings. The lowest BCUT2D eigenvalue weighted by Crippen LogP contribution is -2.58. The molecule has 0 amide bonds. The van der Waals surface area contributed by atoms with Gasteiger partial charge in [-0.2, -0.15) is 10.4 Å². The molecule has 5 rings (SSSR count). The minimum Gasteiger partial charge on any atom is -0.492 e. The van der Waals surface area contributed by atoms with E-state index in [-0.39, 0.29) is 5.54 Å². The summed E-state index contributed by atoms with van der Waals surface area (Å²) >= 11 is 0. The van der Waals surface area contributed by atoms with Crippen molar-refractivity contribution in [2.75, 3.05) is 57.4 Å². The number of hydrogen-bond donors (Lipinski definition) is 1. The van der Waals surface area contributed by atoms with Gasteiger partial charge < -0.3 is 20.1 Å². The van der Waals surface area contributed by atoms with Gasteiger partial charge >= 0.3 is 0 Å². The molecule has 0 bridgehead atoms. The van der Waals surface area contributed by atoms with Crippen LogP contribution in [0.2, 0.25) is 0 Å². The highest BCUT2D eigenvalue weighted by Crippen LogP contribution is 2.32. The molecule has 0 aliphatic carbocycles. The molecule has 5 heterocycles. The second kappa shape index (κ2) is 9.58. The molecule has 2 saturated heterocycles. The topological polar surface area (TPSA) is 105 Å². The Balaban J connectivity index is 1.32. The first-order chi connectivity index (χ1) is 16.6. The molecule has 9 nitrogen and oxygen atoms in total. The molecular formula is C25H31N7O2. The maximum Gasteiger partial charge on any atom is 0.138 e. The van der Waals surface area contributed by atoms with Crippen molar-refractivity contribution in [1.82, 2.24) is 19.5 Å². The number of rotatable bonds is 6. The summed E-state index contributed by atoms with van der Waals surface area (Å²) in [6.45, 7) is 8.73.